The molecule has 4 aromatic rings. The molecule has 0 N–H and O–H groups in total. The third-order valence-electron chi connectivity index (χ3n) is 5.18. The van der Waals surface area contributed by atoms with E-state index in [1.54, 1.807) is 4.90 Å². The number of hydrogen-bond acceptors (Lipinski definition) is 2. The van der Waals surface area contributed by atoms with Gasteiger partial charge < -0.3 is 0 Å². The van der Waals surface area contributed by atoms with Crippen LogP contribution in [-0.4, -0.2) is 11.7 Å². The van der Waals surface area contributed by atoms with E-state index < -0.39 is 0 Å². The minimum Gasteiger partial charge on any atom is -0.266 e. The average molecular weight is 532 g/mol. The van der Waals surface area contributed by atoms with Gasteiger partial charge in [0.1, 0.15) is 11.5 Å². The molecule has 3 nitrogen and oxygen atoms in total. The summed E-state index contributed by atoms with van der Waals surface area (Å²) in [5, 5.41) is 2.21. The summed E-state index contributed by atoms with van der Waals surface area (Å²) in [5.74, 6) is 0.451. The SMILES string of the molecule is O=C1/C(=C\c2cccc3ccccc23)N=C(c2ccccc2Br)N1c1ccc(Br)cc1. The molecule has 31 heavy (non-hydrogen) atoms. The molecule has 4 aromatic carbocycles. The zero-order valence-electron chi connectivity index (χ0n) is 16.3. The van der Waals surface area contributed by atoms with Gasteiger partial charge in [0.15, 0.2) is 0 Å². The second kappa shape index (κ2) is 8.25. The Kier molecular flexibility index (Phi) is 5.30. The predicted octanol–water partition coefficient (Wildman–Crippen LogP) is 7.20. The Hall–Kier alpha value is -3.02. The summed E-state index contributed by atoms with van der Waals surface area (Å²) >= 11 is 7.08. The van der Waals surface area contributed by atoms with Crippen LogP contribution in [0.3, 0.4) is 0 Å². The Morgan fingerprint density at radius 1 is 0.774 bits per heavy atom. The highest BCUT2D eigenvalue weighted by atomic mass is 79.9. The van der Waals surface area contributed by atoms with Gasteiger partial charge in [-0.25, -0.2) is 4.99 Å². The topological polar surface area (TPSA) is 32.7 Å². The molecular weight excluding hydrogens is 516 g/mol. The number of aliphatic imine (C=N–C) groups is 1. The van der Waals surface area contributed by atoms with Crippen LogP contribution in [0.15, 0.2) is 111 Å². The maximum absolute atomic E-state index is 13.5. The van der Waals surface area contributed by atoms with Crippen LogP contribution in [0.25, 0.3) is 16.8 Å². The smallest absolute Gasteiger partial charge is 0.266 e. The molecule has 5 rings (SSSR count). The standard InChI is InChI=1S/C26H16Br2N2O/c27-19-12-14-20(15-13-19)30-25(22-10-3-4-11-23(22)28)29-24(26(30)31)16-18-8-5-7-17-6-1-2-9-21(17)18/h1-16H/b24-16+. The van der Waals surface area contributed by atoms with Crippen molar-refractivity contribution in [2.75, 3.05) is 4.90 Å². The molecule has 0 unspecified atom stereocenters. The van der Waals surface area contributed by atoms with Crippen molar-refractivity contribution in [1.82, 2.24) is 0 Å². The molecule has 0 aromatic heterocycles. The molecule has 1 aliphatic heterocycles. The first-order valence-electron chi connectivity index (χ1n) is 9.75. The van der Waals surface area contributed by atoms with Gasteiger partial charge in [0, 0.05) is 14.5 Å². The second-order valence-corrected chi connectivity index (χ2v) is 8.90. The number of benzene rings is 4. The zero-order valence-corrected chi connectivity index (χ0v) is 19.5. The fourth-order valence-electron chi connectivity index (χ4n) is 3.69. The first kappa shape index (κ1) is 19.9. The van der Waals surface area contributed by atoms with Crippen molar-refractivity contribution in [1.29, 1.82) is 0 Å². The largest absolute Gasteiger partial charge is 0.282 e. The molecule has 0 radical (unpaired) electrons. The molecule has 5 heteroatoms. The maximum atomic E-state index is 13.5. The third-order valence-corrected chi connectivity index (χ3v) is 6.40. The molecule has 1 aliphatic rings. The van der Waals surface area contributed by atoms with Crippen LogP contribution in [0.5, 0.6) is 0 Å². The molecule has 0 bridgehead atoms. The number of amides is 1. The first-order valence-corrected chi connectivity index (χ1v) is 11.3. The number of fused-ring (bicyclic) bond motifs is 1. The van der Waals surface area contributed by atoms with E-state index in [2.05, 4.69) is 50.1 Å². The van der Waals surface area contributed by atoms with Gasteiger partial charge in [-0.05, 0) is 52.7 Å². The molecular formula is C26H16Br2N2O. The molecule has 0 atom stereocenters. The molecule has 0 aliphatic carbocycles. The minimum absolute atomic E-state index is 0.152. The highest BCUT2D eigenvalue weighted by Gasteiger charge is 2.33. The number of anilines is 1. The van der Waals surface area contributed by atoms with Crippen LogP contribution in [0, 0.1) is 0 Å². The minimum atomic E-state index is -0.152. The van der Waals surface area contributed by atoms with Gasteiger partial charge >= 0.3 is 0 Å². The molecule has 0 saturated carbocycles. The van der Waals surface area contributed by atoms with E-state index in [0.29, 0.717) is 11.5 Å². The predicted molar refractivity (Wildman–Crippen MR) is 134 cm³/mol. The van der Waals surface area contributed by atoms with Crippen molar-refractivity contribution in [2.24, 2.45) is 4.99 Å². The normalized spacial score (nSPS) is 15.0. The average Bonchev–Trinajstić information content (AvgIpc) is 3.11. The summed E-state index contributed by atoms with van der Waals surface area (Å²) in [5.41, 5.74) is 3.00. The van der Waals surface area contributed by atoms with Crippen LogP contribution >= 0.6 is 31.9 Å². The Labute approximate surface area is 197 Å². The number of hydrogen-bond donors (Lipinski definition) is 0. The van der Waals surface area contributed by atoms with E-state index in [0.717, 1.165) is 36.5 Å². The molecule has 0 saturated heterocycles. The maximum Gasteiger partial charge on any atom is 0.282 e. The van der Waals surface area contributed by atoms with E-state index in [1.807, 2.05) is 78.9 Å². The number of halogens is 2. The Morgan fingerprint density at radius 2 is 1.48 bits per heavy atom. The number of carbonyl (C=O) groups is 1. The summed E-state index contributed by atoms with van der Waals surface area (Å²) in [6.45, 7) is 0. The molecule has 0 fully saturated rings. The monoisotopic (exact) mass is 530 g/mol. The Morgan fingerprint density at radius 3 is 2.29 bits per heavy atom. The van der Waals surface area contributed by atoms with E-state index in [1.165, 1.54) is 0 Å². The van der Waals surface area contributed by atoms with E-state index in [4.69, 9.17) is 4.99 Å². The lowest BCUT2D eigenvalue weighted by atomic mass is 10.0. The van der Waals surface area contributed by atoms with Crippen molar-refractivity contribution in [3.63, 3.8) is 0 Å². The molecule has 150 valence electrons. The van der Waals surface area contributed by atoms with Gasteiger partial charge in [-0.15, -0.1) is 0 Å². The van der Waals surface area contributed by atoms with Gasteiger partial charge in [-0.2, -0.15) is 0 Å². The zero-order chi connectivity index (χ0) is 21.4. The summed E-state index contributed by atoms with van der Waals surface area (Å²) in [6, 6.07) is 29.7. The fourth-order valence-corrected chi connectivity index (χ4v) is 4.42. The van der Waals surface area contributed by atoms with E-state index >= 15 is 0 Å². The van der Waals surface area contributed by atoms with Crippen molar-refractivity contribution in [3.05, 3.63) is 117 Å². The Balaban J connectivity index is 1.68. The first-order chi connectivity index (χ1) is 15.1. The van der Waals surface area contributed by atoms with Crippen LogP contribution < -0.4 is 4.90 Å². The summed E-state index contributed by atoms with van der Waals surface area (Å²) < 4.78 is 1.84. The van der Waals surface area contributed by atoms with E-state index in [9.17, 15) is 4.79 Å². The van der Waals surface area contributed by atoms with E-state index in [-0.39, 0.29) is 5.91 Å². The van der Waals surface area contributed by atoms with Crippen LogP contribution in [0.2, 0.25) is 0 Å². The lowest BCUT2D eigenvalue weighted by Gasteiger charge is -2.19. The van der Waals surface area contributed by atoms with Crippen molar-refractivity contribution in [2.45, 2.75) is 0 Å². The van der Waals surface area contributed by atoms with Crippen LogP contribution in [-0.2, 0) is 4.79 Å². The van der Waals surface area contributed by atoms with Gasteiger partial charge in [0.25, 0.3) is 5.91 Å². The van der Waals surface area contributed by atoms with Gasteiger partial charge in [-0.3, -0.25) is 9.69 Å². The highest BCUT2D eigenvalue weighted by molar-refractivity contribution is 9.10. The van der Waals surface area contributed by atoms with Gasteiger partial charge in [-0.1, -0.05) is 92.5 Å². The summed E-state index contributed by atoms with van der Waals surface area (Å²) in [6.07, 6.45) is 1.88. The lowest BCUT2D eigenvalue weighted by Crippen LogP contribution is -2.32. The second-order valence-electron chi connectivity index (χ2n) is 7.13. The van der Waals surface area contributed by atoms with Crippen molar-refractivity contribution >= 4 is 66.1 Å². The molecule has 1 amide bonds. The summed E-state index contributed by atoms with van der Waals surface area (Å²) in [4.78, 5) is 20.0. The number of carbonyl (C=O) groups excluding carboxylic acids is 1. The number of nitrogens with zero attached hydrogens (tertiary/aromatic N) is 2. The fraction of sp³-hybridized carbons (Fsp3) is 0. The Bertz CT molecular complexity index is 1370. The third kappa shape index (κ3) is 3.75. The summed E-state index contributed by atoms with van der Waals surface area (Å²) in [7, 11) is 0. The molecule has 0 spiro atoms. The lowest BCUT2D eigenvalue weighted by molar-refractivity contribution is -0.113. The van der Waals surface area contributed by atoms with Crippen molar-refractivity contribution in [3.8, 4) is 0 Å². The number of rotatable bonds is 3. The quantitative estimate of drug-likeness (QED) is 0.257. The van der Waals surface area contributed by atoms with Gasteiger partial charge in [0.2, 0.25) is 0 Å². The highest BCUT2D eigenvalue weighted by Crippen LogP contribution is 2.32. The number of amidine groups is 1. The molecule has 1 heterocycles. The van der Waals surface area contributed by atoms with Crippen LogP contribution in [0.1, 0.15) is 11.1 Å². The van der Waals surface area contributed by atoms with Crippen LogP contribution in [0.4, 0.5) is 5.69 Å². The van der Waals surface area contributed by atoms with Gasteiger partial charge in [0.05, 0.1) is 5.69 Å². The van der Waals surface area contributed by atoms with Crippen molar-refractivity contribution < 1.29 is 4.79 Å².